The molecule has 40 heavy (non-hydrogen) atoms. The van der Waals surface area contributed by atoms with Gasteiger partial charge in [0.25, 0.3) is 0 Å². The smallest absolute Gasteiger partial charge is 0.412 e. The van der Waals surface area contributed by atoms with E-state index in [1.807, 2.05) is 6.92 Å². The van der Waals surface area contributed by atoms with E-state index in [0.29, 0.717) is 6.42 Å². The highest BCUT2D eigenvalue weighted by molar-refractivity contribution is 5.90. The van der Waals surface area contributed by atoms with Crippen molar-refractivity contribution in [1.82, 2.24) is 9.55 Å². The Morgan fingerprint density at radius 3 is 2.12 bits per heavy atom. The van der Waals surface area contributed by atoms with Crippen molar-refractivity contribution in [2.24, 2.45) is 0 Å². The molecule has 210 valence electrons. The lowest BCUT2D eigenvalue weighted by Crippen LogP contribution is -2.41. The van der Waals surface area contributed by atoms with Gasteiger partial charge in [0.2, 0.25) is 0 Å². The third kappa shape index (κ3) is 6.70. The molecule has 4 rings (SSSR count). The largest absolute Gasteiger partial charge is 0.452 e. The van der Waals surface area contributed by atoms with Gasteiger partial charge < -0.3 is 18.9 Å². The molecular formula is C28H28FN3O8. The molecule has 0 spiro atoms. The second-order valence-corrected chi connectivity index (χ2v) is 8.95. The summed E-state index contributed by atoms with van der Waals surface area (Å²) >= 11 is 0. The molecule has 2 heterocycles. The SMILES string of the molecule is CCCCOC(=O)Nc1nc(=O)n([C@@H]2O[C@H](C)C(OC(=O)c3ccccc3)C2OC(=O)c2ccccc2)cc1F. The van der Waals surface area contributed by atoms with Gasteiger partial charge in [-0.05, 0) is 37.6 Å². The van der Waals surface area contributed by atoms with Gasteiger partial charge >= 0.3 is 23.7 Å². The van der Waals surface area contributed by atoms with E-state index in [1.165, 1.54) is 12.1 Å². The number of benzene rings is 2. The average molecular weight is 554 g/mol. The van der Waals surface area contributed by atoms with E-state index in [0.717, 1.165) is 17.2 Å². The molecule has 2 unspecified atom stereocenters. The number of carbonyl (C=O) groups is 3. The van der Waals surface area contributed by atoms with Crippen molar-refractivity contribution in [3.63, 3.8) is 0 Å². The maximum absolute atomic E-state index is 15.0. The van der Waals surface area contributed by atoms with Crippen LogP contribution >= 0.6 is 0 Å². The molecule has 1 aliphatic rings. The number of hydrogen-bond donors (Lipinski definition) is 1. The van der Waals surface area contributed by atoms with Gasteiger partial charge in [0.1, 0.15) is 0 Å². The van der Waals surface area contributed by atoms with E-state index in [1.54, 1.807) is 55.5 Å². The quantitative estimate of drug-likeness (QED) is 0.236. The third-order valence-electron chi connectivity index (χ3n) is 6.06. The highest BCUT2D eigenvalue weighted by atomic mass is 19.1. The Morgan fingerprint density at radius 1 is 0.975 bits per heavy atom. The van der Waals surface area contributed by atoms with Crippen molar-refractivity contribution in [3.05, 3.63) is 94.3 Å². The lowest BCUT2D eigenvalue weighted by molar-refractivity contribution is -0.0513. The summed E-state index contributed by atoms with van der Waals surface area (Å²) < 4.78 is 37.9. The topological polar surface area (TPSA) is 135 Å². The summed E-state index contributed by atoms with van der Waals surface area (Å²) in [5, 5.41) is 2.10. The summed E-state index contributed by atoms with van der Waals surface area (Å²) in [6.07, 6.45) is -3.60. The summed E-state index contributed by atoms with van der Waals surface area (Å²) in [5.41, 5.74) is -0.567. The minimum absolute atomic E-state index is 0.117. The number of esters is 2. The first-order chi connectivity index (χ1) is 19.3. The van der Waals surface area contributed by atoms with Gasteiger partial charge in [-0.25, -0.2) is 23.6 Å². The van der Waals surface area contributed by atoms with E-state index in [-0.39, 0.29) is 17.7 Å². The molecule has 1 fully saturated rings. The lowest BCUT2D eigenvalue weighted by Gasteiger charge is -2.24. The van der Waals surface area contributed by atoms with Crippen LogP contribution in [0.25, 0.3) is 0 Å². The van der Waals surface area contributed by atoms with Crippen molar-refractivity contribution < 1.29 is 37.7 Å². The van der Waals surface area contributed by atoms with Crippen LogP contribution in [0.2, 0.25) is 0 Å². The number of nitrogens with zero attached hydrogens (tertiary/aromatic N) is 2. The molecule has 1 amide bonds. The van der Waals surface area contributed by atoms with Gasteiger partial charge in [-0.1, -0.05) is 49.7 Å². The maximum atomic E-state index is 15.0. The number of unbranched alkanes of at least 4 members (excludes halogenated alkanes) is 1. The standard InChI is InChI=1S/C28H28FN3O8/c1-3-4-15-37-28(36)31-23-20(29)16-32(27(35)30-23)24-22(40-26(34)19-13-9-6-10-14-19)21(17(2)38-24)39-25(33)18-11-7-5-8-12-18/h5-14,16-17,21-22,24H,3-4,15H2,1-2H3,(H,30,31,35,36)/t17-,21?,22?,24-/m1/s1. The van der Waals surface area contributed by atoms with Crippen LogP contribution in [0.1, 0.15) is 53.6 Å². The number of rotatable bonds is 9. The van der Waals surface area contributed by atoms with Crippen molar-refractivity contribution in [1.29, 1.82) is 0 Å². The zero-order valence-electron chi connectivity index (χ0n) is 21.8. The number of ether oxygens (including phenoxy) is 4. The van der Waals surface area contributed by atoms with Crippen LogP contribution in [0, 0.1) is 5.82 Å². The van der Waals surface area contributed by atoms with E-state index < -0.39 is 59.9 Å². The van der Waals surface area contributed by atoms with Gasteiger partial charge in [0.05, 0.1) is 30.0 Å². The molecule has 1 saturated heterocycles. The Labute approximate surface area is 228 Å². The normalized spacial score (nSPS) is 20.0. The van der Waals surface area contributed by atoms with E-state index >= 15 is 0 Å². The molecular weight excluding hydrogens is 525 g/mol. The number of aromatic nitrogens is 2. The summed E-state index contributed by atoms with van der Waals surface area (Å²) in [4.78, 5) is 54.3. The molecule has 1 aliphatic heterocycles. The molecule has 4 atom stereocenters. The fourth-order valence-corrected chi connectivity index (χ4v) is 4.01. The van der Waals surface area contributed by atoms with Crippen molar-refractivity contribution in [3.8, 4) is 0 Å². The Morgan fingerprint density at radius 2 is 1.55 bits per heavy atom. The van der Waals surface area contributed by atoms with Crippen LogP contribution in [-0.2, 0) is 18.9 Å². The Hall–Kier alpha value is -4.58. The predicted octanol–water partition coefficient (Wildman–Crippen LogP) is 4.10. The van der Waals surface area contributed by atoms with Crippen molar-refractivity contribution in [2.75, 3.05) is 11.9 Å². The number of amides is 1. The molecule has 11 nitrogen and oxygen atoms in total. The highest BCUT2D eigenvalue weighted by Gasteiger charge is 2.49. The number of halogens is 1. The van der Waals surface area contributed by atoms with Crippen LogP contribution < -0.4 is 11.0 Å². The molecule has 1 aromatic heterocycles. The molecule has 12 heteroatoms. The van der Waals surface area contributed by atoms with Crippen molar-refractivity contribution >= 4 is 23.8 Å². The van der Waals surface area contributed by atoms with E-state index in [9.17, 15) is 23.6 Å². The fourth-order valence-electron chi connectivity index (χ4n) is 4.01. The molecule has 2 aromatic carbocycles. The van der Waals surface area contributed by atoms with Gasteiger partial charge in [-0.2, -0.15) is 4.98 Å². The summed E-state index contributed by atoms with van der Waals surface area (Å²) in [6, 6.07) is 16.2. The monoisotopic (exact) mass is 553 g/mol. The molecule has 1 N–H and O–H groups in total. The van der Waals surface area contributed by atoms with Crippen molar-refractivity contribution in [2.45, 2.75) is 51.2 Å². The number of nitrogens with one attached hydrogen (secondary N) is 1. The van der Waals surface area contributed by atoms with Crippen LogP contribution in [0.4, 0.5) is 15.0 Å². The van der Waals surface area contributed by atoms with Gasteiger partial charge in [-0.15, -0.1) is 0 Å². The number of hydrogen-bond acceptors (Lipinski definition) is 9. The fraction of sp³-hybridized carbons (Fsp3) is 0.321. The number of anilines is 1. The average Bonchev–Trinajstić information content (AvgIpc) is 3.25. The Balaban J connectivity index is 1.62. The summed E-state index contributed by atoms with van der Waals surface area (Å²) in [5.74, 6) is -3.19. The molecule has 3 aromatic rings. The maximum Gasteiger partial charge on any atom is 0.412 e. The van der Waals surface area contributed by atoms with Gasteiger partial charge in [0.15, 0.2) is 30.1 Å². The van der Waals surface area contributed by atoms with Crippen LogP contribution in [0.3, 0.4) is 0 Å². The molecule has 0 aliphatic carbocycles. The zero-order valence-corrected chi connectivity index (χ0v) is 21.8. The Bertz CT molecular complexity index is 1400. The second-order valence-electron chi connectivity index (χ2n) is 8.95. The highest BCUT2D eigenvalue weighted by Crippen LogP contribution is 2.34. The zero-order chi connectivity index (χ0) is 28.6. The minimum atomic E-state index is -1.41. The van der Waals surface area contributed by atoms with Crippen LogP contribution in [0.15, 0.2) is 71.7 Å². The third-order valence-corrected chi connectivity index (χ3v) is 6.06. The lowest BCUT2D eigenvalue weighted by atomic mass is 10.1. The molecule has 0 bridgehead atoms. The minimum Gasteiger partial charge on any atom is -0.452 e. The number of carbonyl (C=O) groups excluding carboxylic acids is 3. The summed E-state index contributed by atoms with van der Waals surface area (Å²) in [7, 11) is 0. The first kappa shape index (κ1) is 28.4. The first-order valence-corrected chi connectivity index (χ1v) is 12.7. The second kappa shape index (κ2) is 13.0. The van der Waals surface area contributed by atoms with E-state index in [4.69, 9.17) is 18.9 Å². The molecule has 0 saturated carbocycles. The first-order valence-electron chi connectivity index (χ1n) is 12.7. The molecule has 0 radical (unpaired) electrons. The predicted molar refractivity (Wildman–Crippen MR) is 139 cm³/mol. The summed E-state index contributed by atoms with van der Waals surface area (Å²) in [6.45, 7) is 3.58. The van der Waals surface area contributed by atoms with E-state index in [2.05, 4.69) is 10.3 Å². The van der Waals surface area contributed by atoms with Crippen LogP contribution in [0.5, 0.6) is 0 Å². The Kier molecular flexibility index (Phi) is 9.23. The van der Waals surface area contributed by atoms with Gasteiger partial charge in [-0.3, -0.25) is 9.88 Å². The van der Waals surface area contributed by atoms with Crippen LogP contribution in [-0.4, -0.2) is 52.5 Å². The van der Waals surface area contributed by atoms with Gasteiger partial charge in [0, 0.05) is 0 Å².